The van der Waals surface area contributed by atoms with Crippen LogP contribution in [-0.4, -0.2) is 39.5 Å². The molecule has 0 spiro atoms. The second-order valence-corrected chi connectivity index (χ2v) is 5.06. The summed E-state index contributed by atoms with van der Waals surface area (Å²) >= 11 is 1.47. The largest absolute Gasteiger partial charge is 0.479 e. The topological polar surface area (TPSA) is 72.3 Å². The van der Waals surface area contributed by atoms with Gasteiger partial charge in [-0.2, -0.15) is 0 Å². The Balaban J connectivity index is 2.43. The first kappa shape index (κ1) is 14.9. The molecule has 100 valence electrons. The van der Waals surface area contributed by atoms with Crippen molar-refractivity contribution in [2.75, 3.05) is 12.4 Å². The number of thioether (sulfide) groups is 1. The van der Waals surface area contributed by atoms with Crippen LogP contribution >= 0.6 is 11.8 Å². The van der Waals surface area contributed by atoms with Gasteiger partial charge in [-0.25, -0.2) is 14.8 Å². The highest BCUT2D eigenvalue weighted by atomic mass is 32.2. The number of ether oxygens (including phenoxy) is 1. The third-order valence-electron chi connectivity index (χ3n) is 2.64. The number of nitrogens with zero attached hydrogens (tertiary/aromatic N) is 2. The minimum Gasteiger partial charge on any atom is -0.479 e. The molecule has 6 heteroatoms. The number of carbonyl (C=O) groups is 1. The van der Waals surface area contributed by atoms with Crippen molar-refractivity contribution < 1.29 is 14.6 Å². The van der Waals surface area contributed by atoms with Gasteiger partial charge in [-0.15, -0.1) is 0 Å². The van der Waals surface area contributed by atoms with Crippen molar-refractivity contribution in [3.63, 3.8) is 0 Å². The van der Waals surface area contributed by atoms with E-state index in [0.717, 1.165) is 17.0 Å². The molecule has 5 nitrogen and oxygen atoms in total. The molecule has 1 unspecified atom stereocenters. The number of carboxylic acid groups (broad SMARTS) is 1. The van der Waals surface area contributed by atoms with Gasteiger partial charge >= 0.3 is 5.97 Å². The Labute approximate surface area is 111 Å². The fourth-order valence-corrected chi connectivity index (χ4v) is 2.00. The lowest BCUT2D eigenvalue weighted by molar-refractivity contribution is -0.148. The molecule has 0 amide bonds. The Morgan fingerprint density at radius 2 is 1.89 bits per heavy atom. The summed E-state index contributed by atoms with van der Waals surface area (Å²) in [6.07, 6.45) is -0.770. The Hall–Kier alpha value is -1.14. The van der Waals surface area contributed by atoms with E-state index in [1.165, 1.54) is 18.7 Å². The zero-order valence-electron chi connectivity index (χ0n) is 11.1. The Bertz CT molecular complexity index is 414. The third-order valence-corrected chi connectivity index (χ3v) is 3.45. The summed E-state index contributed by atoms with van der Waals surface area (Å²) in [7, 11) is 0. The van der Waals surface area contributed by atoms with Crippen molar-refractivity contribution in [3.05, 3.63) is 17.0 Å². The zero-order chi connectivity index (χ0) is 13.7. The SMILES string of the molecule is Cc1nc(SCCOC(C)C(=O)O)nc(C)c1C. The fourth-order valence-electron chi connectivity index (χ4n) is 1.24. The van der Waals surface area contributed by atoms with Gasteiger partial charge in [0.25, 0.3) is 0 Å². The third kappa shape index (κ3) is 4.27. The normalized spacial score (nSPS) is 12.4. The molecule has 0 aliphatic carbocycles. The predicted molar refractivity (Wildman–Crippen MR) is 70.0 cm³/mol. The second-order valence-electron chi connectivity index (χ2n) is 4.00. The Morgan fingerprint density at radius 1 is 1.33 bits per heavy atom. The molecule has 0 aliphatic rings. The van der Waals surface area contributed by atoms with Crippen molar-refractivity contribution in [2.24, 2.45) is 0 Å². The van der Waals surface area contributed by atoms with E-state index < -0.39 is 12.1 Å². The predicted octanol–water partition coefficient (Wildman–Crippen LogP) is 1.98. The van der Waals surface area contributed by atoms with Crippen LogP contribution in [0.4, 0.5) is 0 Å². The summed E-state index contributed by atoms with van der Waals surface area (Å²) in [6.45, 7) is 7.79. The Morgan fingerprint density at radius 3 is 2.39 bits per heavy atom. The fraction of sp³-hybridized carbons (Fsp3) is 0.583. The van der Waals surface area contributed by atoms with Crippen molar-refractivity contribution in [1.82, 2.24) is 9.97 Å². The van der Waals surface area contributed by atoms with Gasteiger partial charge in [0, 0.05) is 17.1 Å². The molecule has 0 radical (unpaired) electrons. The van der Waals surface area contributed by atoms with Gasteiger partial charge in [0.2, 0.25) is 0 Å². The van der Waals surface area contributed by atoms with Crippen LogP contribution in [-0.2, 0) is 9.53 Å². The number of aryl methyl sites for hydroxylation is 2. The quantitative estimate of drug-likeness (QED) is 0.484. The molecular weight excluding hydrogens is 252 g/mol. The van der Waals surface area contributed by atoms with Gasteiger partial charge in [-0.05, 0) is 33.3 Å². The summed E-state index contributed by atoms with van der Waals surface area (Å²) in [5.41, 5.74) is 3.06. The molecule has 0 saturated carbocycles. The van der Waals surface area contributed by atoms with Gasteiger partial charge in [-0.3, -0.25) is 0 Å². The molecule has 1 aromatic rings. The van der Waals surface area contributed by atoms with Crippen LogP contribution in [0, 0.1) is 20.8 Å². The first-order valence-corrected chi connectivity index (χ1v) is 6.69. The van der Waals surface area contributed by atoms with Crippen molar-refractivity contribution in [2.45, 2.75) is 39.0 Å². The van der Waals surface area contributed by atoms with E-state index >= 15 is 0 Å². The number of hydrogen-bond acceptors (Lipinski definition) is 5. The maximum absolute atomic E-state index is 10.5. The van der Waals surface area contributed by atoms with Gasteiger partial charge in [0.15, 0.2) is 11.3 Å². The van der Waals surface area contributed by atoms with E-state index in [0.29, 0.717) is 17.5 Å². The zero-order valence-corrected chi connectivity index (χ0v) is 11.9. The first-order valence-electron chi connectivity index (χ1n) is 5.71. The van der Waals surface area contributed by atoms with E-state index in [-0.39, 0.29) is 0 Å². The van der Waals surface area contributed by atoms with E-state index in [2.05, 4.69) is 9.97 Å². The van der Waals surface area contributed by atoms with Gasteiger partial charge < -0.3 is 9.84 Å². The van der Waals surface area contributed by atoms with E-state index in [1.807, 2.05) is 20.8 Å². The number of carboxylic acids is 1. The molecule has 0 fully saturated rings. The second kappa shape index (κ2) is 6.70. The van der Waals surface area contributed by atoms with Crippen molar-refractivity contribution in [1.29, 1.82) is 0 Å². The molecule has 1 atom stereocenters. The highest BCUT2D eigenvalue weighted by Gasteiger charge is 2.10. The average Bonchev–Trinajstić information content (AvgIpc) is 2.31. The van der Waals surface area contributed by atoms with E-state index in [4.69, 9.17) is 9.84 Å². The molecule has 0 saturated heterocycles. The number of hydrogen-bond donors (Lipinski definition) is 1. The van der Waals surface area contributed by atoms with Crippen molar-refractivity contribution in [3.8, 4) is 0 Å². The molecule has 0 bridgehead atoms. The minimum atomic E-state index is -0.946. The first-order chi connectivity index (χ1) is 8.41. The highest BCUT2D eigenvalue weighted by molar-refractivity contribution is 7.99. The van der Waals surface area contributed by atoms with Crippen LogP contribution in [0.3, 0.4) is 0 Å². The van der Waals surface area contributed by atoms with Crippen LogP contribution < -0.4 is 0 Å². The smallest absolute Gasteiger partial charge is 0.332 e. The maximum Gasteiger partial charge on any atom is 0.332 e. The summed E-state index contributed by atoms with van der Waals surface area (Å²) < 4.78 is 5.13. The summed E-state index contributed by atoms with van der Waals surface area (Å²) in [4.78, 5) is 19.3. The van der Waals surface area contributed by atoms with Crippen LogP contribution in [0.2, 0.25) is 0 Å². The van der Waals surface area contributed by atoms with Gasteiger partial charge in [-0.1, -0.05) is 11.8 Å². The Kier molecular flexibility index (Phi) is 5.55. The van der Waals surface area contributed by atoms with E-state index in [9.17, 15) is 4.79 Å². The van der Waals surface area contributed by atoms with Crippen LogP contribution in [0.25, 0.3) is 0 Å². The molecular formula is C12H18N2O3S. The van der Waals surface area contributed by atoms with Crippen LogP contribution in [0.15, 0.2) is 5.16 Å². The number of aliphatic carboxylic acids is 1. The van der Waals surface area contributed by atoms with Crippen LogP contribution in [0.1, 0.15) is 23.9 Å². The summed E-state index contributed by atoms with van der Waals surface area (Å²) in [6, 6.07) is 0. The maximum atomic E-state index is 10.5. The molecule has 18 heavy (non-hydrogen) atoms. The minimum absolute atomic E-state index is 0.369. The van der Waals surface area contributed by atoms with Crippen molar-refractivity contribution >= 4 is 17.7 Å². The summed E-state index contributed by atoms with van der Waals surface area (Å²) in [5.74, 6) is -0.308. The molecule has 1 rings (SSSR count). The van der Waals surface area contributed by atoms with Crippen LogP contribution in [0.5, 0.6) is 0 Å². The van der Waals surface area contributed by atoms with Gasteiger partial charge in [0.1, 0.15) is 0 Å². The monoisotopic (exact) mass is 270 g/mol. The average molecular weight is 270 g/mol. The number of rotatable bonds is 6. The standard InChI is InChI=1S/C12H18N2O3S/c1-7-8(2)13-12(14-9(7)3)18-6-5-17-10(4)11(15)16/h10H,5-6H2,1-4H3,(H,15,16). The lowest BCUT2D eigenvalue weighted by Crippen LogP contribution is -2.21. The number of aromatic nitrogens is 2. The molecule has 0 aliphatic heterocycles. The molecule has 1 N–H and O–H groups in total. The van der Waals surface area contributed by atoms with E-state index in [1.54, 1.807) is 0 Å². The molecule has 1 heterocycles. The lowest BCUT2D eigenvalue weighted by Gasteiger charge is -2.09. The molecule has 1 aromatic heterocycles. The highest BCUT2D eigenvalue weighted by Crippen LogP contribution is 2.16. The summed E-state index contributed by atoms with van der Waals surface area (Å²) in [5, 5.41) is 9.36. The molecule has 0 aromatic carbocycles. The lowest BCUT2D eigenvalue weighted by atomic mass is 10.2. The van der Waals surface area contributed by atoms with Gasteiger partial charge in [0.05, 0.1) is 6.61 Å².